The minimum Gasteiger partial charge on any atom is -0.297 e. The highest BCUT2D eigenvalue weighted by Gasteiger charge is 2.24. The Labute approximate surface area is 116 Å². The van der Waals surface area contributed by atoms with Crippen molar-refractivity contribution in [1.82, 2.24) is 4.98 Å². The van der Waals surface area contributed by atoms with Crippen molar-refractivity contribution < 1.29 is 4.79 Å². The molecular formula is C14H17BrN2O. The Morgan fingerprint density at radius 2 is 2.33 bits per heavy atom. The Kier molecular flexibility index (Phi) is 4.53. The molecule has 0 saturated carbocycles. The fourth-order valence-electron chi connectivity index (χ4n) is 2.20. The van der Waals surface area contributed by atoms with E-state index in [1.54, 1.807) is 11.1 Å². The van der Waals surface area contributed by atoms with Crippen LogP contribution in [0, 0.1) is 5.92 Å². The molecule has 1 aliphatic carbocycles. The zero-order valence-corrected chi connectivity index (χ0v) is 12.1. The zero-order chi connectivity index (χ0) is 13.0. The Morgan fingerprint density at radius 1 is 1.50 bits per heavy atom. The number of rotatable bonds is 3. The van der Waals surface area contributed by atoms with Gasteiger partial charge in [0.25, 0.3) is 0 Å². The van der Waals surface area contributed by atoms with Crippen molar-refractivity contribution in [3.05, 3.63) is 35.0 Å². The van der Waals surface area contributed by atoms with E-state index in [0.29, 0.717) is 6.54 Å². The first-order valence-corrected chi connectivity index (χ1v) is 7.09. The second kappa shape index (κ2) is 6.14. The molecule has 18 heavy (non-hydrogen) atoms. The standard InChI is InChI=1S/C14H17BrN2O/c1-2-17(13-9-8-12(15)10-16-13)14(18)11-6-4-3-5-7-11/h3-4,8-11H,2,5-7H2,1H3/t11-/m1/s1. The Balaban J connectivity index is 2.14. The number of allylic oxidation sites excluding steroid dienone is 2. The lowest BCUT2D eigenvalue weighted by molar-refractivity contribution is -0.122. The fourth-order valence-corrected chi connectivity index (χ4v) is 2.43. The highest BCUT2D eigenvalue weighted by Crippen LogP contribution is 2.23. The van der Waals surface area contributed by atoms with E-state index in [-0.39, 0.29) is 11.8 Å². The summed E-state index contributed by atoms with van der Waals surface area (Å²) in [5, 5.41) is 0. The first kappa shape index (κ1) is 13.3. The van der Waals surface area contributed by atoms with Gasteiger partial charge in [-0.1, -0.05) is 12.2 Å². The summed E-state index contributed by atoms with van der Waals surface area (Å²) >= 11 is 3.36. The van der Waals surface area contributed by atoms with Gasteiger partial charge >= 0.3 is 0 Å². The number of aromatic nitrogens is 1. The molecule has 4 heteroatoms. The van der Waals surface area contributed by atoms with Crippen LogP contribution in [0.2, 0.25) is 0 Å². The van der Waals surface area contributed by atoms with Gasteiger partial charge in [-0.25, -0.2) is 4.98 Å². The van der Waals surface area contributed by atoms with Crippen molar-refractivity contribution in [2.75, 3.05) is 11.4 Å². The minimum absolute atomic E-state index is 0.111. The summed E-state index contributed by atoms with van der Waals surface area (Å²) in [6.45, 7) is 2.65. The lowest BCUT2D eigenvalue weighted by Gasteiger charge is -2.26. The molecule has 0 radical (unpaired) electrons. The third-order valence-electron chi connectivity index (χ3n) is 3.19. The number of halogens is 1. The number of nitrogens with zero attached hydrogens (tertiary/aromatic N) is 2. The molecule has 0 aromatic carbocycles. The van der Waals surface area contributed by atoms with Gasteiger partial charge < -0.3 is 0 Å². The van der Waals surface area contributed by atoms with Crippen molar-refractivity contribution in [1.29, 1.82) is 0 Å². The lowest BCUT2D eigenvalue weighted by Crippen LogP contribution is -2.37. The van der Waals surface area contributed by atoms with Gasteiger partial charge in [-0.05, 0) is 54.2 Å². The molecule has 3 nitrogen and oxygen atoms in total. The average Bonchev–Trinajstić information content (AvgIpc) is 2.42. The monoisotopic (exact) mass is 308 g/mol. The fraction of sp³-hybridized carbons (Fsp3) is 0.429. The van der Waals surface area contributed by atoms with E-state index in [2.05, 4.69) is 33.1 Å². The SMILES string of the molecule is CCN(C(=O)[C@@H]1CC=CCC1)c1ccc(Br)cn1. The molecule has 0 fully saturated rings. The maximum atomic E-state index is 12.5. The van der Waals surface area contributed by atoms with Crippen molar-refractivity contribution in [2.45, 2.75) is 26.2 Å². The van der Waals surface area contributed by atoms with Gasteiger partial charge in [0, 0.05) is 23.1 Å². The molecule has 0 unspecified atom stereocenters. The van der Waals surface area contributed by atoms with Gasteiger partial charge in [-0.3, -0.25) is 9.69 Å². The van der Waals surface area contributed by atoms with E-state index in [0.717, 1.165) is 29.6 Å². The summed E-state index contributed by atoms with van der Waals surface area (Å²) in [7, 11) is 0. The van der Waals surface area contributed by atoms with Crippen LogP contribution in [0.5, 0.6) is 0 Å². The van der Waals surface area contributed by atoms with Crippen LogP contribution in [0.15, 0.2) is 35.0 Å². The molecular weight excluding hydrogens is 292 g/mol. The second-order valence-electron chi connectivity index (χ2n) is 4.40. The number of carbonyl (C=O) groups excluding carboxylic acids is 1. The van der Waals surface area contributed by atoms with Crippen LogP contribution in [0.25, 0.3) is 0 Å². The summed E-state index contributed by atoms with van der Waals surface area (Å²) in [6.07, 6.45) is 8.79. The van der Waals surface area contributed by atoms with Gasteiger partial charge in [0.15, 0.2) is 0 Å². The zero-order valence-electron chi connectivity index (χ0n) is 10.5. The van der Waals surface area contributed by atoms with Crippen molar-refractivity contribution in [3.8, 4) is 0 Å². The molecule has 1 heterocycles. The van der Waals surface area contributed by atoms with E-state index in [4.69, 9.17) is 0 Å². The number of hydrogen-bond acceptors (Lipinski definition) is 2. The van der Waals surface area contributed by atoms with Crippen LogP contribution >= 0.6 is 15.9 Å². The van der Waals surface area contributed by atoms with E-state index in [1.165, 1.54) is 0 Å². The van der Waals surface area contributed by atoms with Crippen LogP contribution in [-0.2, 0) is 4.79 Å². The molecule has 96 valence electrons. The first-order valence-electron chi connectivity index (χ1n) is 6.30. The summed E-state index contributed by atoms with van der Waals surface area (Å²) in [5.74, 6) is 1.04. The van der Waals surface area contributed by atoms with E-state index < -0.39 is 0 Å². The summed E-state index contributed by atoms with van der Waals surface area (Å²) in [5.41, 5.74) is 0. The minimum atomic E-state index is 0.111. The van der Waals surface area contributed by atoms with Crippen molar-refractivity contribution in [3.63, 3.8) is 0 Å². The third-order valence-corrected chi connectivity index (χ3v) is 3.66. The molecule has 0 spiro atoms. The molecule has 1 aromatic rings. The summed E-state index contributed by atoms with van der Waals surface area (Å²) in [4.78, 5) is 18.5. The number of pyridine rings is 1. The predicted octanol–water partition coefficient (Wildman–Crippen LogP) is 3.55. The van der Waals surface area contributed by atoms with E-state index in [9.17, 15) is 4.79 Å². The Hall–Kier alpha value is -1.16. The Morgan fingerprint density at radius 3 is 2.89 bits per heavy atom. The van der Waals surface area contributed by atoms with E-state index >= 15 is 0 Å². The summed E-state index contributed by atoms with van der Waals surface area (Å²) in [6, 6.07) is 3.79. The van der Waals surface area contributed by atoms with Crippen LogP contribution < -0.4 is 4.90 Å². The molecule has 0 saturated heterocycles. The van der Waals surface area contributed by atoms with Gasteiger partial charge in [0.2, 0.25) is 5.91 Å². The van der Waals surface area contributed by atoms with Gasteiger partial charge in [0.05, 0.1) is 0 Å². The number of anilines is 1. The summed E-state index contributed by atoms with van der Waals surface area (Å²) < 4.78 is 0.926. The highest BCUT2D eigenvalue weighted by atomic mass is 79.9. The van der Waals surface area contributed by atoms with Crippen LogP contribution in [0.1, 0.15) is 26.2 Å². The van der Waals surface area contributed by atoms with Gasteiger partial charge in [-0.2, -0.15) is 0 Å². The maximum absolute atomic E-state index is 12.5. The molecule has 0 bridgehead atoms. The average molecular weight is 309 g/mol. The predicted molar refractivity (Wildman–Crippen MR) is 76.4 cm³/mol. The lowest BCUT2D eigenvalue weighted by atomic mass is 9.93. The van der Waals surface area contributed by atoms with Gasteiger partial charge in [0.1, 0.15) is 5.82 Å². The quantitative estimate of drug-likeness (QED) is 0.800. The maximum Gasteiger partial charge on any atom is 0.231 e. The molecule has 0 aliphatic heterocycles. The number of amides is 1. The highest BCUT2D eigenvalue weighted by molar-refractivity contribution is 9.10. The molecule has 1 aromatic heterocycles. The molecule has 1 amide bonds. The largest absolute Gasteiger partial charge is 0.297 e. The first-order chi connectivity index (χ1) is 8.72. The van der Waals surface area contributed by atoms with Crippen molar-refractivity contribution >= 4 is 27.7 Å². The van der Waals surface area contributed by atoms with E-state index in [1.807, 2.05) is 19.1 Å². The Bertz CT molecular complexity index is 442. The van der Waals surface area contributed by atoms with Crippen LogP contribution in [0.3, 0.4) is 0 Å². The molecule has 1 aliphatic rings. The molecule has 0 N–H and O–H groups in total. The topological polar surface area (TPSA) is 33.2 Å². The molecule has 1 atom stereocenters. The second-order valence-corrected chi connectivity index (χ2v) is 5.31. The van der Waals surface area contributed by atoms with Crippen molar-refractivity contribution in [2.24, 2.45) is 5.92 Å². The number of hydrogen-bond donors (Lipinski definition) is 0. The normalized spacial score (nSPS) is 18.7. The van der Waals surface area contributed by atoms with Crippen LogP contribution in [-0.4, -0.2) is 17.4 Å². The smallest absolute Gasteiger partial charge is 0.231 e. The number of carbonyl (C=O) groups is 1. The molecule has 2 rings (SSSR count). The van der Waals surface area contributed by atoms with Gasteiger partial charge in [-0.15, -0.1) is 0 Å². The third kappa shape index (κ3) is 2.99. The van der Waals surface area contributed by atoms with Crippen LogP contribution in [0.4, 0.5) is 5.82 Å².